The number of anilines is 1. The Morgan fingerprint density at radius 2 is 1.68 bits per heavy atom. The molecule has 0 atom stereocenters. The van der Waals surface area contributed by atoms with E-state index in [0.29, 0.717) is 18.7 Å². The fourth-order valence-electron chi connectivity index (χ4n) is 3.05. The highest BCUT2D eigenvalue weighted by Gasteiger charge is 2.15. The van der Waals surface area contributed by atoms with Crippen LogP contribution in [0.4, 0.5) is 5.82 Å². The van der Waals surface area contributed by atoms with Gasteiger partial charge in [-0.2, -0.15) is 0 Å². The van der Waals surface area contributed by atoms with Crippen molar-refractivity contribution in [2.24, 2.45) is 7.05 Å². The molecule has 0 saturated carbocycles. The highest BCUT2D eigenvalue weighted by atomic mass is 16.2. The van der Waals surface area contributed by atoms with E-state index in [9.17, 15) is 4.79 Å². The first-order chi connectivity index (χ1) is 10.7. The molecule has 0 aliphatic carbocycles. The second-order valence-corrected chi connectivity index (χ2v) is 6.26. The fraction of sp³-hybridized carbons (Fsp3) is 0.765. The first-order valence-electron chi connectivity index (χ1n) is 8.64. The molecule has 22 heavy (non-hydrogen) atoms. The molecule has 0 radical (unpaired) electrons. The van der Waals surface area contributed by atoms with Crippen LogP contribution in [0.1, 0.15) is 57.1 Å². The molecule has 2 heterocycles. The maximum absolute atomic E-state index is 12.5. The predicted octanol–water partition coefficient (Wildman–Crippen LogP) is 2.26. The minimum absolute atomic E-state index is 0.00944. The van der Waals surface area contributed by atoms with Crippen molar-refractivity contribution in [3.63, 3.8) is 0 Å². The van der Waals surface area contributed by atoms with E-state index in [1.807, 2.05) is 0 Å². The van der Waals surface area contributed by atoms with Crippen molar-refractivity contribution in [1.29, 1.82) is 0 Å². The molecule has 1 saturated heterocycles. The van der Waals surface area contributed by atoms with Crippen LogP contribution >= 0.6 is 0 Å². The molecule has 0 aromatic carbocycles. The van der Waals surface area contributed by atoms with Crippen molar-refractivity contribution in [2.45, 2.75) is 57.8 Å². The molecule has 2 rings (SSSR count). The van der Waals surface area contributed by atoms with Crippen LogP contribution in [0.15, 0.2) is 11.0 Å². The summed E-state index contributed by atoms with van der Waals surface area (Å²) in [7, 11) is 1.79. The Balaban J connectivity index is 2.19. The molecule has 1 N–H and O–H groups in total. The highest BCUT2D eigenvalue weighted by molar-refractivity contribution is 5.37. The third-order valence-electron chi connectivity index (χ3n) is 4.35. The lowest BCUT2D eigenvalue weighted by Crippen LogP contribution is -2.35. The van der Waals surface area contributed by atoms with E-state index in [1.54, 1.807) is 17.8 Å². The van der Waals surface area contributed by atoms with Crippen LogP contribution in [-0.4, -0.2) is 34.4 Å². The second kappa shape index (κ2) is 8.93. The quantitative estimate of drug-likeness (QED) is 0.927. The van der Waals surface area contributed by atoms with E-state index in [-0.39, 0.29) is 12.2 Å². The number of hydrogen-bond donors (Lipinski definition) is 1. The maximum Gasteiger partial charge on any atom is 0.293 e. The summed E-state index contributed by atoms with van der Waals surface area (Å²) in [5, 5.41) is 8.99. The lowest BCUT2D eigenvalue weighted by atomic mass is 10.1. The number of rotatable bonds is 4. The van der Waals surface area contributed by atoms with E-state index >= 15 is 0 Å². The molecule has 5 heteroatoms. The minimum atomic E-state index is -0.00944. The zero-order valence-electron chi connectivity index (χ0n) is 13.8. The van der Waals surface area contributed by atoms with Crippen LogP contribution in [0.2, 0.25) is 0 Å². The van der Waals surface area contributed by atoms with Crippen molar-refractivity contribution >= 4 is 5.82 Å². The van der Waals surface area contributed by atoms with E-state index in [2.05, 4.69) is 9.88 Å². The monoisotopic (exact) mass is 307 g/mol. The molecule has 1 aliphatic heterocycles. The summed E-state index contributed by atoms with van der Waals surface area (Å²) in [4.78, 5) is 19.2. The van der Waals surface area contributed by atoms with Gasteiger partial charge in [-0.15, -0.1) is 0 Å². The topological polar surface area (TPSA) is 58.4 Å². The predicted molar refractivity (Wildman–Crippen MR) is 89.4 cm³/mol. The molecule has 5 nitrogen and oxygen atoms in total. The number of aliphatic hydroxyl groups excluding tert-OH is 1. The Morgan fingerprint density at radius 1 is 1.09 bits per heavy atom. The van der Waals surface area contributed by atoms with Gasteiger partial charge in [-0.25, -0.2) is 4.98 Å². The minimum Gasteiger partial charge on any atom is -0.396 e. The Labute approximate surface area is 133 Å². The van der Waals surface area contributed by atoms with Crippen LogP contribution < -0.4 is 10.5 Å². The Hall–Kier alpha value is -1.36. The van der Waals surface area contributed by atoms with Gasteiger partial charge in [0, 0.05) is 32.9 Å². The maximum atomic E-state index is 12.5. The zero-order valence-corrected chi connectivity index (χ0v) is 13.8. The van der Waals surface area contributed by atoms with Gasteiger partial charge in [0.25, 0.3) is 5.56 Å². The van der Waals surface area contributed by atoms with Crippen LogP contribution in [0.5, 0.6) is 0 Å². The Morgan fingerprint density at radius 3 is 2.27 bits per heavy atom. The van der Waals surface area contributed by atoms with Crippen LogP contribution in [-0.2, 0) is 13.5 Å². The van der Waals surface area contributed by atoms with Crippen molar-refractivity contribution < 1.29 is 5.11 Å². The van der Waals surface area contributed by atoms with Gasteiger partial charge in [0.05, 0.1) is 5.69 Å². The van der Waals surface area contributed by atoms with Crippen molar-refractivity contribution in [1.82, 2.24) is 9.55 Å². The molecular formula is C17H29N3O2. The third-order valence-corrected chi connectivity index (χ3v) is 4.35. The van der Waals surface area contributed by atoms with Gasteiger partial charge in [0.15, 0.2) is 5.82 Å². The second-order valence-electron chi connectivity index (χ2n) is 6.26. The lowest BCUT2D eigenvalue weighted by molar-refractivity contribution is 0.288. The number of hydrogen-bond acceptors (Lipinski definition) is 4. The highest BCUT2D eigenvalue weighted by Crippen LogP contribution is 2.15. The molecule has 124 valence electrons. The van der Waals surface area contributed by atoms with E-state index in [1.165, 1.54) is 32.1 Å². The van der Waals surface area contributed by atoms with E-state index in [4.69, 9.17) is 5.11 Å². The zero-order chi connectivity index (χ0) is 15.8. The summed E-state index contributed by atoms with van der Waals surface area (Å²) >= 11 is 0. The SMILES string of the molecule is Cn1cc(CCCO)nc(N2CCCCCCCCC2)c1=O. The number of aliphatic hydroxyl groups is 1. The summed E-state index contributed by atoms with van der Waals surface area (Å²) in [5.41, 5.74) is 0.882. The van der Waals surface area contributed by atoms with Crippen LogP contribution in [0, 0.1) is 0 Å². The molecular weight excluding hydrogens is 278 g/mol. The van der Waals surface area contributed by atoms with Crippen molar-refractivity contribution in [3.8, 4) is 0 Å². The van der Waals surface area contributed by atoms with E-state index in [0.717, 1.165) is 31.6 Å². The average molecular weight is 307 g/mol. The molecule has 0 spiro atoms. The first-order valence-corrected chi connectivity index (χ1v) is 8.64. The first kappa shape index (κ1) is 17.0. The van der Waals surface area contributed by atoms with Gasteiger partial charge in [0.2, 0.25) is 0 Å². The summed E-state index contributed by atoms with van der Waals surface area (Å²) < 4.78 is 1.63. The van der Waals surface area contributed by atoms with Gasteiger partial charge in [-0.1, -0.05) is 32.1 Å². The lowest BCUT2D eigenvalue weighted by Gasteiger charge is -2.25. The summed E-state index contributed by atoms with van der Waals surface area (Å²) in [5.74, 6) is 0.596. The molecule has 0 bridgehead atoms. The summed E-state index contributed by atoms with van der Waals surface area (Å²) in [6.45, 7) is 2.00. The van der Waals surface area contributed by atoms with Gasteiger partial charge in [-0.05, 0) is 25.7 Å². The summed E-state index contributed by atoms with van der Waals surface area (Å²) in [6.07, 6.45) is 11.9. The van der Waals surface area contributed by atoms with E-state index < -0.39 is 0 Å². The summed E-state index contributed by atoms with van der Waals surface area (Å²) in [6, 6.07) is 0. The van der Waals surface area contributed by atoms with Crippen LogP contribution in [0.3, 0.4) is 0 Å². The third kappa shape index (κ3) is 4.83. The fourth-order valence-corrected chi connectivity index (χ4v) is 3.05. The molecule has 1 fully saturated rings. The van der Waals surface area contributed by atoms with Gasteiger partial charge in [0.1, 0.15) is 0 Å². The van der Waals surface area contributed by atoms with Gasteiger partial charge >= 0.3 is 0 Å². The van der Waals surface area contributed by atoms with Gasteiger partial charge < -0.3 is 14.6 Å². The van der Waals surface area contributed by atoms with Crippen molar-refractivity contribution in [2.75, 3.05) is 24.6 Å². The Bertz CT molecular complexity index is 503. The molecule has 1 aliphatic rings. The molecule has 1 aromatic rings. The standard InChI is InChI=1S/C17H29N3O2/c1-19-14-15(10-9-13-21)18-16(17(19)22)20-11-7-5-3-2-4-6-8-12-20/h14,21H,2-13H2,1H3. The van der Waals surface area contributed by atoms with Gasteiger partial charge in [-0.3, -0.25) is 4.79 Å². The number of aromatic nitrogens is 2. The molecule has 1 aromatic heterocycles. The normalized spacial score (nSPS) is 17.5. The smallest absolute Gasteiger partial charge is 0.293 e. The van der Waals surface area contributed by atoms with Crippen LogP contribution in [0.25, 0.3) is 0 Å². The Kier molecular flexibility index (Phi) is 6.90. The molecule has 0 amide bonds. The molecule has 0 unspecified atom stereocenters. The number of nitrogens with zero attached hydrogens (tertiary/aromatic N) is 3. The van der Waals surface area contributed by atoms with Crippen molar-refractivity contribution in [3.05, 3.63) is 22.2 Å². The largest absolute Gasteiger partial charge is 0.396 e. The average Bonchev–Trinajstić information content (AvgIpc) is 2.53. The number of aryl methyl sites for hydroxylation is 2.